The van der Waals surface area contributed by atoms with Crippen LogP contribution in [0.25, 0.3) is 0 Å². The molecule has 0 bridgehead atoms. The molecule has 2 atom stereocenters. The molecule has 0 aromatic rings. The van der Waals surface area contributed by atoms with Crippen LogP contribution in [-0.2, 0) is 0 Å². The number of hydrogen-bond acceptors (Lipinski definition) is 0. The molecule has 0 spiro atoms. The molecule has 17 heteroatoms. The maximum Gasteiger partial charge on any atom is 0.432 e. The highest BCUT2D eigenvalue weighted by atomic mass is 19.4. The summed E-state index contributed by atoms with van der Waals surface area (Å²) in [7, 11) is 0. The Kier molecular flexibility index (Phi) is 6.16. The van der Waals surface area contributed by atoms with E-state index in [4.69, 9.17) is 0 Å². The van der Waals surface area contributed by atoms with E-state index in [2.05, 4.69) is 0 Å². The molecule has 0 aliphatic carbocycles. The SMILES string of the molecule is FC(C(C(C(F)(F)F)C(F)(F)F)C(F)(C(F)(F)F)C(F)(F)F)C(F)(F)F. The van der Waals surface area contributed by atoms with Crippen molar-refractivity contribution in [3.8, 4) is 0 Å². The second-order valence-electron chi connectivity index (χ2n) is 4.74. The Balaban J connectivity index is 7.08. The van der Waals surface area contributed by atoms with Crippen LogP contribution < -0.4 is 0 Å². The molecule has 0 aliphatic heterocycles. The summed E-state index contributed by atoms with van der Waals surface area (Å²) in [5, 5.41) is 0. The average molecular weight is 434 g/mol. The van der Waals surface area contributed by atoms with Crippen LogP contribution in [0.3, 0.4) is 0 Å². The first-order chi connectivity index (χ1) is 10.9. The lowest BCUT2D eigenvalue weighted by molar-refractivity contribution is -0.405. The summed E-state index contributed by atoms with van der Waals surface area (Å²) in [6, 6.07) is 0. The fraction of sp³-hybridized carbons (Fsp3) is 1.00. The van der Waals surface area contributed by atoms with Gasteiger partial charge in [0.15, 0.2) is 5.92 Å². The van der Waals surface area contributed by atoms with Gasteiger partial charge < -0.3 is 0 Å². The fourth-order valence-corrected chi connectivity index (χ4v) is 1.94. The predicted molar refractivity (Wildman–Crippen MR) is 46.0 cm³/mol. The molecule has 0 amide bonds. The van der Waals surface area contributed by atoms with E-state index in [0.717, 1.165) is 0 Å². The molecule has 0 heterocycles. The van der Waals surface area contributed by atoms with Crippen molar-refractivity contribution in [2.75, 3.05) is 0 Å². The van der Waals surface area contributed by atoms with E-state index in [0.29, 0.717) is 0 Å². The van der Waals surface area contributed by atoms with Crippen LogP contribution in [0.4, 0.5) is 74.6 Å². The summed E-state index contributed by atoms with van der Waals surface area (Å²) in [4.78, 5) is 0. The van der Waals surface area contributed by atoms with Crippen molar-refractivity contribution < 1.29 is 74.6 Å². The van der Waals surface area contributed by atoms with E-state index in [1.54, 1.807) is 0 Å². The minimum atomic E-state index is -7.83. The van der Waals surface area contributed by atoms with Gasteiger partial charge in [0.1, 0.15) is 0 Å². The van der Waals surface area contributed by atoms with Crippen molar-refractivity contribution in [2.45, 2.75) is 42.7 Å². The Morgan fingerprint density at radius 2 is 0.692 bits per heavy atom. The number of hydrogen-bond donors (Lipinski definition) is 0. The van der Waals surface area contributed by atoms with Crippen LogP contribution in [0.5, 0.6) is 0 Å². The minimum Gasteiger partial charge on any atom is -0.237 e. The van der Waals surface area contributed by atoms with Crippen LogP contribution in [0.2, 0.25) is 0 Å². The van der Waals surface area contributed by atoms with Gasteiger partial charge in [-0.05, 0) is 0 Å². The third-order valence-electron chi connectivity index (χ3n) is 2.98. The summed E-state index contributed by atoms with van der Waals surface area (Å²) < 4.78 is 211. The third-order valence-corrected chi connectivity index (χ3v) is 2.98. The summed E-state index contributed by atoms with van der Waals surface area (Å²) in [5.74, 6) is -12.6. The van der Waals surface area contributed by atoms with Crippen molar-refractivity contribution in [3.05, 3.63) is 0 Å². The first kappa shape index (κ1) is 24.8. The van der Waals surface area contributed by atoms with Crippen molar-refractivity contribution in [1.29, 1.82) is 0 Å². The monoisotopic (exact) mass is 434 g/mol. The van der Waals surface area contributed by atoms with E-state index in [-0.39, 0.29) is 0 Å². The zero-order valence-electron chi connectivity index (χ0n) is 11.2. The molecule has 158 valence electrons. The van der Waals surface area contributed by atoms with E-state index in [9.17, 15) is 74.6 Å². The zero-order valence-corrected chi connectivity index (χ0v) is 11.2. The Morgan fingerprint density at radius 3 is 0.846 bits per heavy atom. The van der Waals surface area contributed by atoms with Gasteiger partial charge >= 0.3 is 36.6 Å². The molecule has 0 aliphatic rings. The van der Waals surface area contributed by atoms with Crippen molar-refractivity contribution in [2.24, 2.45) is 11.8 Å². The highest BCUT2D eigenvalue weighted by Crippen LogP contribution is 2.60. The lowest BCUT2D eigenvalue weighted by Crippen LogP contribution is -2.67. The van der Waals surface area contributed by atoms with Gasteiger partial charge in [-0.2, -0.15) is 65.9 Å². The quantitative estimate of drug-likeness (QED) is 0.473. The molecule has 0 aromatic carbocycles. The molecule has 0 fully saturated rings. The lowest BCUT2D eigenvalue weighted by Gasteiger charge is -2.42. The second kappa shape index (κ2) is 6.45. The maximum atomic E-state index is 13.6. The molecule has 0 N–H and O–H groups in total. The maximum absolute atomic E-state index is 13.6. The van der Waals surface area contributed by atoms with Crippen LogP contribution in [0.15, 0.2) is 0 Å². The molecule has 0 aromatic heterocycles. The van der Waals surface area contributed by atoms with Gasteiger partial charge in [0.25, 0.3) is 0 Å². The summed E-state index contributed by atoms with van der Waals surface area (Å²) in [6.45, 7) is 0. The molecule has 0 saturated carbocycles. The largest absolute Gasteiger partial charge is 0.432 e. The predicted octanol–water partition coefficient (Wildman–Crippen LogP) is 6.08. The number of rotatable bonds is 3. The van der Waals surface area contributed by atoms with Crippen LogP contribution in [0, 0.1) is 11.8 Å². The molecule has 26 heavy (non-hydrogen) atoms. The fourth-order valence-electron chi connectivity index (χ4n) is 1.94. The highest BCUT2D eigenvalue weighted by Gasteiger charge is 2.84. The van der Waals surface area contributed by atoms with E-state index in [1.165, 1.54) is 0 Å². The first-order valence-corrected chi connectivity index (χ1v) is 5.56. The third kappa shape index (κ3) is 4.55. The van der Waals surface area contributed by atoms with Crippen LogP contribution in [-0.4, -0.2) is 42.7 Å². The van der Waals surface area contributed by atoms with E-state index < -0.39 is 54.6 Å². The van der Waals surface area contributed by atoms with Crippen LogP contribution in [0.1, 0.15) is 0 Å². The molecular formula is C9H3F17. The van der Waals surface area contributed by atoms with Crippen molar-refractivity contribution in [1.82, 2.24) is 0 Å². The van der Waals surface area contributed by atoms with Crippen molar-refractivity contribution in [3.63, 3.8) is 0 Å². The summed E-state index contributed by atoms with van der Waals surface area (Å²) in [5.41, 5.74) is -7.83. The minimum absolute atomic E-state index is 6.12. The molecule has 2 unspecified atom stereocenters. The highest BCUT2D eigenvalue weighted by molar-refractivity contribution is 5.08. The van der Waals surface area contributed by atoms with Gasteiger partial charge in [-0.15, -0.1) is 0 Å². The van der Waals surface area contributed by atoms with E-state index >= 15 is 0 Å². The standard InChI is InChI=1S/C9H3F17/c10-3(7(18,19)20)1(2(5(12,13)14)6(15,16)17)4(11,8(21,22)23)9(24,25)26/h1-3H. The van der Waals surface area contributed by atoms with Gasteiger partial charge in [0.05, 0.1) is 5.92 Å². The van der Waals surface area contributed by atoms with E-state index in [1.807, 2.05) is 0 Å². The molecule has 0 saturated heterocycles. The zero-order chi connectivity index (χ0) is 21.7. The number of alkyl halides is 17. The number of halogens is 17. The topological polar surface area (TPSA) is 0 Å². The van der Waals surface area contributed by atoms with Crippen LogP contribution >= 0.6 is 0 Å². The Labute approximate surface area is 130 Å². The molecular weight excluding hydrogens is 431 g/mol. The summed E-state index contributed by atoms with van der Waals surface area (Å²) in [6.07, 6.45) is -43.5. The summed E-state index contributed by atoms with van der Waals surface area (Å²) >= 11 is 0. The van der Waals surface area contributed by atoms with Gasteiger partial charge in [-0.3, -0.25) is 0 Å². The van der Waals surface area contributed by atoms with Gasteiger partial charge in [-0.1, -0.05) is 0 Å². The molecule has 0 nitrogen and oxygen atoms in total. The Hall–Kier alpha value is -1.19. The smallest absolute Gasteiger partial charge is 0.237 e. The lowest BCUT2D eigenvalue weighted by atomic mass is 9.74. The Bertz CT molecular complexity index is 441. The van der Waals surface area contributed by atoms with Gasteiger partial charge in [0.2, 0.25) is 6.17 Å². The van der Waals surface area contributed by atoms with Gasteiger partial charge in [0, 0.05) is 0 Å². The Morgan fingerprint density at radius 1 is 0.423 bits per heavy atom. The second-order valence-corrected chi connectivity index (χ2v) is 4.74. The van der Waals surface area contributed by atoms with Crippen molar-refractivity contribution >= 4 is 0 Å². The normalized spacial score (nSPS) is 18.2. The molecule has 0 rings (SSSR count). The molecule has 0 radical (unpaired) electrons. The van der Waals surface area contributed by atoms with Gasteiger partial charge in [-0.25, -0.2) is 8.78 Å². The first-order valence-electron chi connectivity index (χ1n) is 5.56. The average Bonchev–Trinajstić information content (AvgIpc) is 2.26.